The lowest BCUT2D eigenvalue weighted by Crippen LogP contribution is -2.41. The van der Waals surface area contributed by atoms with Crippen molar-refractivity contribution in [2.45, 2.75) is 45.6 Å². The molecule has 0 aliphatic heterocycles. The summed E-state index contributed by atoms with van der Waals surface area (Å²) in [5.41, 5.74) is 1.04. The Kier molecular flexibility index (Phi) is 6.57. The Morgan fingerprint density at radius 1 is 1.21 bits per heavy atom. The van der Waals surface area contributed by atoms with Gasteiger partial charge in [-0.3, -0.25) is 4.79 Å². The van der Waals surface area contributed by atoms with E-state index < -0.39 is 0 Å². The smallest absolute Gasteiger partial charge is 0.228 e. The number of nitrogens with one attached hydrogen (secondary N) is 1. The minimum absolute atomic E-state index is 0.00967. The van der Waals surface area contributed by atoms with Crippen molar-refractivity contribution in [1.29, 1.82) is 0 Å². The summed E-state index contributed by atoms with van der Waals surface area (Å²) < 4.78 is 0. The molecule has 0 saturated heterocycles. The molecule has 0 radical (unpaired) electrons. The van der Waals surface area contributed by atoms with E-state index in [9.17, 15) is 9.90 Å². The first-order valence-corrected chi connectivity index (χ1v) is 7.10. The lowest BCUT2D eigenvalue weighted by atomic mass is 9.84. The third-order valence-corrected chi connectivity index (χ3v) is 3.71. The average Bonchev–Trinajstić information content (AvgIpc) is 2.45. The number of hydrogen-bond acceptors (Lipinski definition) is 2. The highest BCUT2D eigenvalue weighted by Gasteiger charge is 2.26. The lowest BCUT2D eigenvalue weighted by Gasteiger charge is -2.25. The van der Waals surface area contributed by atoms with Crippen molar-refractivity contribution in [3.05, 3.63) is 35.9 Å². The lowest BCUT2D eigenvalue weighted by molar-refractivity contribution is -0.124. The number of aliphatic hydroxyl groups excluding tert-OH is 1. The molecule has 0 aliphatic rings. The summed E-state index contributed by atoms with van der Waals surface area (Å²) in [6.07, 6.45) is 1.69. The SMILES string of the molecule is CCC(C)C(C(=O)N[C@@H](CC)CO)c1ccccc1. The van der Waals surface area contributed by atoms with Crippen LogP contribution in [0.5, 0.6) is 0 Å². The van der Waals surface area contributed by atoms with Gasteiger partial charge in [-0.2, -0.15) is 0 Å². The zero-order valence-corrected chi connectivity index (χ0v) is 12.1. The maximum atomic E-state index is 12.5. The van der Waals surface area contributed by atoms with Crippen molar-refractivity contribution < 1.29 is 9.90 Å². The molecular formula is C16H25NO2. The van der Waals surface area contributed by atoms with Crippen LogP contribution in [-0.4, -0.2) is 23.7 Å². The van der Waals surface area contributed by atoms with Gasteiger partial charge in [-0.1, -0.05) is 57.5 Å². The van der Waals surface area contributed by atoms with Crippen LogP contribution in [0.15, 0.2) is 30.3 Å². The van der Waals surface area contributed by atoms with Crippen LogP contribution in [0.4, 0.5) is 0 Å². The standard InChI is InChI=1S/C16H25NO2/c1-4-12(3)15(13-9-7-6-8-10-13)16(19)17-14(5-2)11-18/h6-10,12,14-15,18H,4-5,11H2,1-3H3,(H,17,19)/t12?,14-,15?/m0/s1. The zero-order chi connectivity index (χ0) is 14.3. The number of rotatable bonds is 7. The predicted octanol–water partition coefficient (Wildman–Crippen LogP) is 2.70. The monoisotopic (exact) mass is 263 g/mol. The molecular weight excluding hydrogens is 238 g/mol. The molecule has 2 unspecified atom stereocenters. The first-order valence-electron chi connectivity index (χ1n) is 7.10. The number of carbonyl (C=O) groups excluding carboxylic acids is 1. The van der Waals surface area contributed by atoms with Crippen LogP contribution in [0.3, 0.4) is 0 Å². The Morgan fingerprint density at radius 3 is 2.32 bits per heavy atom. The Labute approximate surface area is 116 Å². The molecule has 0 saturated carbocycles. The third kappa shape index (κ3) is 4.35. The highest BCUT2D eigenvalue weighted by Crippen LogP contribution is 2.27. The Bertz CT molecular complexity index is 374. The van der Waals surface area contributed by atoms with Crippen molar-refractivity contribution in [2.24, 2.45) is 5.92 Å². The second-order valence-corrected chi connectivity index (χ2v) is 5.07. The summed E-state index contributed by atoms with van der Waals surface area (Å²) in [6.45, 7) is 6.14. The van der Waals surface area contributed by atoms with Crippen LogP contribution >= 0.6 is 0 Å². The van der Waals surface area contributed by atoms with E-state index in [1.807, 2.05) is 37.3 Å². The van der Waals surface area contributed by atoms with Gasteiger partial charge < -0.3 is 10.4 Å². The number of carbonyl (C=O) groups is 1. The molecule has 0 aromatic heterocycles. The second-order valence-electron chi connectivity index (χ2n) is 5.07. The summed E-state index contributed by atoms with van der Waals surface area (Å²) in [5, 5.41) is 12.1. The van der Waals surface area contributed by atoms with Gasteiger partial charge >= 0.3 is 0 Å². The van der Waals surface area contributed by atoms with Crippen molar-refractivity contribution in [3.8, 4) is 0 Å². The largest absolute Gasteiger partial charge is 0.394 e. The molecule has 0 heterocycles. The molecule has 0 aliphatic carbocycles. The number of amides is 1. The van der Waals surface area contributed by atoms with Crippen molar-refractivity contribution >= 4 is 5.91 Å². The van der Waals surface area contributed by atoms with E-state index in [1.165, 1.54) is 0 Å². The van der Waals surface area contributed by atoms with Crippen molar-refractivity contribution in [3.63, 3.8) is 0 Å². The van der Waals surface area contributed by atoms with Gasteiger partial charge in [-0.15, -0.1) is 0 Å². The molecule has 0 spiro atoms. The van der Waals surface area contributed by atoms with E-state index in [0.29, 0.717) is 0 Å². The Hall–Kier alpha value is -1.35. The molecule has 2 N–H and O–H groups in total. The molecule has 0 bridgehead atoms. The summed E-state index contributed by atoms with van der Waals surface area (Å²) in [6, 6.07) is 9.72. The average molecular weight is 263 g/mol. The zero-order valence-electron chi connectivity index (χ0n) is 12.1. The van der Waals surface area contributed by atoms with E-state index in [1.54, 1.807) is 0 Å². The highest BCUT2D eigenvalue weighted by molar-refractivity contribution is 5.84. The number of benzene rings is 1. The third-order valence-electron chi connectivity index (χ3n) is 3.71. The molecule has 3 atom stereocenters. The van der Waals surface area contributed by atoms with E-state index >= 15 is 0 Å². The van der Waals surface area contributed by atoms with Gasteiger partial charge in [0.1, 0.15) is 0 Å². The van der Waals surface area contributed by atoms with Gasteiger partial charge in [-0.25, -0.2) is 0 Å². The molecule has 1 amide bonds. The fourth-order valence-electron chi connectivity index (χ4n) is 2.20. The maximum absolute atomic E-state index is 12.5. The minimum Gasteiger partial charge on any atom is -0.394 e. The van der Waals surface area contributed by atoms with Gasteiger partial charge in [0, 0.05) is 0 Å². The van der Waals surface area contributed by atoms with Crippen LogP contribution in [-0.2, 0) is 4.79 Å². The summed E-state index contributed by atoms with van der Waals surface area (Å²) in [4.78, 5) is 12.5. The molecule has 1 rings (SSSR count). The maximum Gasteiger partial charge on any atom is 0.228 e. The van der Waals surface area contributed by atoms with Crippen LogP contribution in [0.1, 0.15) is 45.1 Å². The molecule has 0 fully saturated rings. The summed E-state index contributed by atoms with van der Waals surface area (Å²) in [7, 11) is 0. The molecule has 3 heteroatoms. The first-order chi connectivity index (χ1) is 9.13. The predicted molar refractivity (Wildman–Crippen MR) is 77.9 cm³/mol. The van der Waals surface area contributed by atoms with Crippen LogP contribution in [0.2, 0.25) is 0 Å². The normalized spacial score (nSPS) is 15.6. The summed E-state index contributed by atoms with van der Waals surface area (Å²) >= 11 is 0. The van der Waals surface area contributed by atoms with Gasteiger partial charge in [0.25, 0.3) is 0 Å². The molecule has 1 aromatic carbocycles. The van der Waals surface area contributed by atoms with Gasteiger partial charge in [0.2, 0.25) is 5.91 Å². The van der Waals surface area contributed by atoms with E-state index in [0.717, 1.165) is 18.4 Å². The summed E-state index contributed by atoms with van der Waals surface area (Å²) in [5.74, 6) is 0.145. The minimum atomic E-state index is -0.150. The number of hydrogen-bond donors (Lipinski definition) is 2. The highest BCUT2D eigenvalue weighted by atomic mass is 16.3. The molecule has 1 aromatic rings. The van der Waals surface area contributed by atoms with Gasteiger partial charge in [0.15, 0.2) is 0 Å². The van der Waals surface area contributed by atoms with Crippen molar-refractivity contribution in [1.82, 2.24) is 5.32 Å². The Morgan fingerprint density at radius 2 is 1.84 bits per heavy atom. The quantitative estimate of drug-likeness (QED) is 0.794. The fraction of sp³-hybridized carbons (Fsp3) is 0.562. The van der Waals surface area contributed by atoms with E-state index in [-0.39, 0.29) is 30.4 Å². The van der Waals surface area contributed by atoms with Gasteiger partial charge in [-0.05, 0) is 17.9 Å². The van der Waals surface area contributed by atoms with E-state index in [2.05, 4.69) is 19.2 Å². The molecule has 19 heavy (non-hydrogen) atoms. The molecule has 106 valence electrons. The van der Waals surface area contributed by atoms with Crippen molar-refractivity contribution in [2.75, 3.05) is 6.61 Å². The first kappa shape index (κ1) is 15.7. The van der Waals surface area contributed by atoms with Crippen LogP contribution in [0.25, 0.3) is 0 Å². The number of aliphatic hydroxyl groups is 1. The second kappa shape index (κ2) is 7.95. The fourth-order valence-corrected chi connectivity index (χ4v) is 2.20. The van der Waals surface area contributed by atoms with Crippen LogP contribution < -0.4 is 5.32 Å². The van der Waals surface area contributed by atoms with Crippen LogP contribution in [0, 0.1) is 5.92 Å². The van der Waals surface area contributed by atoms with Gasteiger partial charge in [0.05, 0.1) is 18.6 Å². The topological polar surface area (TPSA) is 49.3 Å². The molecule has 3 nitrogen and oxygen atoms in total. The van der Waals surface area contributed by atoms with E-state index in [4.69, 9.17) is 0 Å². The Balaban J connectivity index is 2.89.